The molecule has 11 heteroatoms. The maximum absolute atomic E-state index is 12.7. The summed E-state index contributed by atoms with van der Waals surface area (Å²) in [6, 6.07) is 3.95. The Morgan fingerprint density at radius 3 is 2.72 bits per heavy atom. The fraction of sp³-hybridized carbons (Fsp3) is 0.278. The summed E-state index contributed by atoms with van der Waals surface area (Å²) >= 11 is 0. The molecule has 0 spiro atoms. The van der Waals surface area contributed by atoms with Gasteiger partial charge in [-0.2, -0.15) is 10.2 Å². The summed E-state index contributed by atoms with van der Waals surface area (Å²) in [6.45, 7) is 4.00. The normalized spacial score (nSPS) is 11.8. The minimum atomic E-state index is -1.18. The van der Waals surface area contributed by atoms with Crippen molar-refractivity contribution >= 4 is 23.5 Å². The van der Waals surface area contributed by atoms with Gasteiger partial charge in [-0.15, -0.1) is 0 Å². The van der Waals surface area contributed by atoms with Gasteiger partial charge in [-0.05, 0) is 32.0 Å². The van der Waals surface area contributed by atoms with Crippen LogP contribution in [-0.2, 0) is 17.9 Å². The molecule has 11 nitrogen and oxygen atoms in total. The van der Waals surface area contributed by atoms with E-state index in [2.05, 4.69) is 20.8 Å². The van der Waals surface area contributed by atoms with Gasteiger partial charge in [0.05, 0.1) is 24.7 Å². The molecular formula is C18H20N6O5. The molecule has 0 saturated heterocycles. The zero-order chi connectivity index (χ0) is 21.0. The Balaban J connectivity index is 1.74. The number of hydrogen-bond donors (Lipinski definition) is 3. The maximum Gasteiger partial charge on any atom is 0.356 e. The Morgan fingerprint density at radius 2 is 2.10 bits per heavy atom. The molecule has 3 aromatic rings. The van der Waals surface area contributed by atoms with Crippen LogP contribution >= 0.6 is 0 Å². The molecule has 152 valence electrons. The lowest BCUT2D eigenvalue weighted by Gasteiger charge is -2.13. The number of aromatic carboxylic acids is 1. The zero-order valence-electron chi connectivity index (χ0n) is 15.8. The number of nitrogens with one attached hydrogen (secondary N) is 2. The lowest BCUT2D eigenvalue weighted by Crippen LogP contribution is -2.29. The maximum atomic E-state index is 12.7. The van der Waals surface area contributed by atoms with E-state index in [0.29, 0.717) is 12.3 Å². The molecule has 0 aromatic carbocycles. The van der Waals surface area contributed by atoms with Crippen LogP contribution in [0.15, 0.2) is 41.3 Å². The van der Waals surface area contributed by atoms with Crippen LogP contribution in [-0.4, -0.2) is 42.5 Å². The van der Waals surface area contributed by atoms with Crippen LogP contribution in [0.4, 0.5) is 5.69 Å². The van der Waals surface area contributed by atoms with Crippen molar-refractivity contribution in [3.05, 3.63) is 54.0 Å². The van der Waals surface area contributed by atoms with E-state index in [1.165, 1.54) is 34.1 Å². The number of carbonyl (C=O) groups is 3. The summed E-state index contributed by atoms with van der Waals surface area (Å²) in [5.41, 5.74) is 0.277. The number of furan rings is 1. The molecule has 0 aliphatic heterocycles. The molecule has 0 aliphatic carbocycles. The SMILES string of the molecule is CCn1ncc(NC(=O)C(C)n2ccc(C(=O)O)n2)c1C(=O)NCc1ccco1. The third-order valence-electron chi connectivity index (χ3n) is 4.22. The van der Waals surface area contributed by atoms with E-state index in [9.17, 15) is 14.4 Å². The molecular weight excluding hydrogens is 380 g/mol. The first-order chi connectivity index (χ1) is 13.9. The molecule has 3 rings (SSSR count). The molecule has 0 aliphatic rings. The van der Waals surface area contributed by atoms with Crippen molar-refractivity contribution in [1.29, 1.82) is 0 Å². The predicted molar refractivity (Wildman–Crippen MR) is 100 cm³/mol. The van der Waals surface area contributed by atoms with E-state index in [1.54, 1.807) is 19.1 Å². The molecule has 0 radical (unpaired) electrons. The van der Waals surface area contributed by atoms with E-state index >= 15 is 0 Å². The van der Waals surface area contributed by atoms with E-state index in [0.717, 1.165) is 0 Å². The molecule has 29 heavy (non-hydrogen) atoms. The van der Waals surface area contributed by atoms with Gasteiger partial charge in [0.25, 0.3) is 5.91 Å². The fourth-order valence-electron chi connectivity index (χ4n) is 2.65. The van der Waals surface area contributed by atoms with Crippen LogP contribution in [0.5, 0.6) is 0 Å². The number of carbonyl (C=O) groups excluding carboxylic acids is 2. The molecule has 0 fully saturated rings. The van der Waals surface area contributed by atoms with Gasteiger partial charge in [0, 0.05) is 12.7 Å². The molecule has 3 aromatic heterocycles. The van der Waals surface area contributed by atoms with Gasteiger partial charge in [0.15, 0.2) is 5.69 Å². The molecule has 1 atom stereocenters. The number of hydrogen-bond acceptors (Lipinski definition) is 6. The topological polar surface area (TPSA) is 144 Å². The van der Waals surface area contributed by atoms with Crippen molar-refractivity contribution < 1.29 is 23.9 Å². The van der Waals surface area contributed by atoms with Crippen molar-refractivity contribution in [1.82, 2.24) is 24.9 Å². The standard InChI is InChI=1S/C18H20N6O5/c1-3-23-15(17(26)19-9-12-5-4-8-29-12)14(10-20-23)21-16(25)11(2)24-7-6-13(22-24)18(27)28/h4-8,10-11H,3,9H2,1-2H3,(H,19,26)(H,21,25)(H,27,28). The van der Waals surface area contributed by atoms with Gasteiger partial charge >= 0.3 is 5.97 Å². The number of carboxylic acid groups (broad SMARTS) is 1. The van der Waals surface area contributed by atoms with Crippen LogP contribution in [0.3, 0.4) is 0 Å². The van der Waals surface area contributed by atoms with Crippen molar-refractivity contribution in [2.24, 2.45) is 0 Å². The highest BCUT2D eigenvalue weighted by molar-refractivity contribution is 6.03. The van der Waals surface area contributed by atoms with Crippen LogP contribution in [0.1, 0.15) is 46.6 Å². The van der Waals surface area contributed by atoms with E-state index in [1.807, 2.05) is 6.92 Å². The fourth-order valence-corrected chi connectivity index (χ4v) is 2.65. The van der Waals surface area contributed by atoms with Gasteiger partial charge in [-0.3, -0.25) is 19.0 Å². The highest BCUT2D eigenvalue weighted by Gasteiger charge is 2.23. The third kappa shape index (κ3) is 4.34. The smallest absolute Gasteiger partial charge is 0.356 e. The van der Waals surface area contributed by atoms with Gasteiger partial charge in [-0.1, -0.05) is 0 Å². The second-order valence-corrected chi connectivity index (χ2v) is 6.14. The van der Waals surface area contributed by atoms with E-state index in [4.69, 9.17) is 9.52 Å². The average molecular weight is 400 g/mol. The van der Waals surface area contributed by atoms with Gasteiger partial charge < -0.3 is 20.2 Å². The third-order valence-corrected chi connectivity index (χ3v) is 4.22. The average Bonchev–Trinajstić information content (AvgIpc) is 3.45. The Kier molecular flexibility index (Phi) is 5.77. The molecule has 0 bridgehead atoms. The summed E-state index contributed by atoms with van der Waals surface area (Å²) in [5.74, 6) is -1.49. The van der Waals surface area contributed by atoms with E-state index < -0.39 is 23.8 Å². The van der Waals surface area contributed by atoms with Gasteiger partial charge in [-0.25, -0.2) is 4.79 Å². The first-order valence-electron chi connectivity index (χ1n) is 8.86. The minimum Gasteiger partial charge on any atom is -0.476 e. The molecule has 2 amide bonds. The quantitative estimate of drug-likeness (QED) is 0.520. The highest BCUT2D eigenvalue weighted by Crippen LogP contribution is 2.18. The van der Waals surface area contributed by atoms with Crippen LogP contribution in [0.25, 0.3) is 0 Å². The number of carboxylic acids is 1. The van der Waals surface area contributed by atoms with Crippen molar-refractivity contribution in [2.75, 3.05) is 5.32 Å². The summed E-state index contributed by atoms with van der Waals surface area (Å²) in [7, 11) is 0. The van der Waals surface area contributed by atoms with Gasteiger partial charge in [0.1, 0.15) is 17.5 Å². The molecule has 3 heterocycles. The number of amides is 2. The Labute approximate surface area is 165 Å². The number of anilines is 1. The van der Waals surface area contributed by atoms with Crippen LogP contribution in [0.2, 0.25) is 0 Å². The Hall–Kier alpha value is -3.89. The Morgan fingerprint density at radius 1 is 1.31 bits per heavy atom. The number of nitrogens with zero attached hydrogens (tertiary/aromatic N) is 4. The van der Waals surface area contributed by atoms with Crippen molar-refractivity contribution in [2.45, 2.75) is 33.0 Å². The number of aryl methyl sites for hydroxylation is 1. The highest BCUT2D eigenvalue weighted by atomic mass is 16.4. The molecule has 3 N–H and O–H groups in total. The lowest BCUT2D eigenvalue weighted by molar-refractivity contribution is -0.119. The summed E-state index contributed by atoms with van der Waals surface area (Å²) in [6.07, 6.45) is 4.30. The Bertz CT molecular complexity index is 1020. The molecule has 0 saturated carbocycles. The first-order valence-corrected chi connectivity index (χ1v) is 8.86. The van der Waals surface area contributed by atoms with Gasteiger partial charge in [0.2, 0.25) is 5.91 Å². The molecule has 1 unspecified atom stereocenters. The van der Waals surface area contributed by atoms with Crippen molar-refractivity contribution in [3.63, 3.8) is 0 Å². The second kappa shape index (κ2) is 8.42. The summed E-state index contributed by atoms with van der Waals surface area (Å²) in [4.78, 5) is 36.2. The number of rotatable bonds is 8. The monoisotopic (exact) mass is 400 g/mol. The first kappa shape index (κ1) is 19.9. The largest absolute Gasteiger partial charge is 0.476 e. The van der Waals surface area contributed by atoms with E-state index in [-0.39, 0.29) is 23.6 Å². The summed E-state index contributed by atoms with van der Waals surface area (Å²) < 4.78 is 7.90. The second-order valence-electron chi connectivity index (χ2n) is 6.14. The van der Waals surface area contributed by atoms with Crippen molar-refractivity contribution in [3.8, 4) is 0 Å². The lowest BCUT2D eigenvalue weighted by atomic mass is 10.2. The number of aromatic nitrogens is 4. The summed E-state index contributed by atoms with van der Waals surface area (Å²) in [5, 5.41) is 22.3. The van der Waals surface area contributed by atoms with Crippen LogP contribution < -0.4 is 10.6 Å². The minimum absolute atomic E-state index is 0.165. The predicted octanol–water partition coefficient (Wildman–Crippen LogP) is 1.52. The zero-order valence-corrected chi connectivity index (χ0v) is 15.8. The van der Waals surface area contributed by atoms with Crippen LogP contribution in [0, 0.1) is 0 Å².